The van der Waals surface area contributed by atoms with Gasteiger partial charge in [0.25, 0.3) is 0 Å². The molecule has 1 aliphatic carbocycles. The third-order valence-corrected chi connectivity index (χ3v) is 2.66. The largest absolute Gasteiger partial charge is 0.477 e. The molecule has 2 N–H and O–H groups in total. The van der Waals surface area contributed by atoms with E-state index in [0.29, 0.717) is 17.0 Å². The molecule has 2 rings (SSSR count). The smallest absolute Gasteiger partial charge is 0.341 e. The molecule has 1 aromatic rings. The molecule has 0 atom stereocenters. The van der Waals surface area contributed by atoms with Crippen molar-refractivity contribution in [2.24, 2.45) is 0 Å². The second-order valence-electron chi connectivity index (χ2n) is 3.34. The number of rotatable bonds is 4. The maximum Gasteiger partial charge on any atom is 0.341 e. The summed E-state index contributed by atoms with van der Waals surface area (Å²) in [5.74, 6) is -0.560. The van der Waals surface area contributed by atoms with Crippen molar-refractivity contribution in [3.63, 3.8) is 0 Å². The summed E-state index contributed by atoms with van der Waals surface area (Å²) < 4.78 is 0. The third-order valence-electron chi connectivity index (χ3n) is 2.10. The molecule has 0 aliphatic heterocycles. The standard InChI is InChI=1S/C9H11N3O2S/c1-15-9-10-4-6(8(13)14)7(12-9)11-5-2-3-5/h4-5H,2-3H2,1H3,(H,13,14)(H,10,11,12). The molecule has 0 unspecified atom stereocenters. The Hall–Kier alpha value is -1.30. The summed E-state index contributed by atoms with van der Waals surface area (Å²) in [5, 5.41) is 12.6. The zero-order valence-corrected chi connectivity index (χ0v) is 9.04. The van der Waals surface area contributed by atoms with Gasteiger partial charge in [0.2, 0.25) is 0 Å². The van der Waals surface area contributed by atoms with Crippen molar-refractivity contribution >= 4 is 23.5 Å². The minimum absolute atomic E-state index is 0.139. The molecule has 80 valence electrons. The Morgan fingerprint density at radius 2 is 2.40 bits per heavy atom. The predicted octanol–water partition coefficient (Wildman–Crippen LogP) is 1.47. The molecule has 0 radical (unpaired) electrons. The van der Waals surface area contributed by atoms with Crippen LogP contribution in [0.2, 0.25) is 0 Å². The van der Waals surface area contributed by atoms with E-state index in [4.69, 9.17) is 5.11 Å². The lowest BCUT2D eigenvalue weighted by molar-refractivity contribution is 0.0697. The SMILES string of the molecule is CSc1ncc(C(=O)O)c(NC2CC2)n1. The molecule has 1 heterocycles. The Kier molecular flexibility index (Phi) is 2.77. The monoisotopic (exact) mass is 225 g/mol. The maximum absolute atomic E-state index is 10.9. The van der Waals surface area contributed by atoms with Crippen LogP contribution in [0, 0.1) is 0 Å². The molecule has 1 aliphatic rings. The Labute approximate surface area is 91.3 Å². The maximum atomic E-state index is 10.9. The van der Waals surface area contributed by atoms with Gasteiger partial charge in [0.1, 0.15) is 11.4 Å². The fourth-order valence-corrected chi connectivity index (χ4v) is 1.49. The highest BCUT2D eigenvalue weighted by molar-refractivity contribution is 7.98. The summed E-state index contributed by atoms with van der Waals surface area (Å²) in [4.78, 5) is 19.0. The van der Waals surface area contributed by atoms with Crippen LogP contribution < -0.4 is 5.32 Å². The summed E-state index contributed by atoms with van der Waals surface area (Å²) in [6.07, 6.45) is 5.37. The number of nitrogens with one attached hydrogen (secondary N) is 1. The number of aromatic nitrogens is 2. The zero-order chi connectivity index (χ0) is 10.8. The number of carboxylic acid groups (broad SMARTS) is 1. The Morgan fingerprint density at radius 3 is 2.93 bits per heavy atom. The summed E-state index contributed by atoms with van der Waals surface area (Å²) in [6, 6.07) is 0.382. The summed E-state index contributed by atoms with van der Waals surface area (Å²) >= 11 is 1.40. The van der Waals surface area contributed by atoms with E-state index in [-0.39, 0.29) is 5.56 Å². The minimum atomic E-state index is -0.995. The van der Waals surface area contributed by atoms with Crippen LogP contribution in [-0.4, -0.2) is 33.3 Å². The number of hydrogen-bond acceptors (Lipinski definition) is 5. The van der Waals surface area contributed by atoms with Gasteiger partial charge in [0.15, 0.2) is 5.16 Å². The first-order chi connectivity index (χ1) is 7.20. The van der Waals surface area contributed by atoms with Gasteiger partial charge in [-0.2, -0.15) is 0 Å². The fraction of sp³-hybridized carbons (Fsp3) is 0.444. The van der Waals surface area contributed by atoms with Gasteiger partial charge in [-0.15, -0.1) is 0 Å². The van der Waals surface area contributed by atoms with Crippen LogP contribution in [0.25, 0.3) is 0 Å². The van der Waals surface area contributed by atoms with Crippen molar-refractivity contribution in [2.45, 2.75) is 24.0 Å². The molecular weight excluding hydrogens is 214 g/mol. The minimum Gasteiger partial charge on any atom is -0.477 e. The van der Waals surface area contributed by atoms with E-state index in [2.05, 4.69) is 15.3 Å². The van der Waals surface area contributed by atoms with E-state index < -0.39 is 5.97 Å². The number of carboxylic acids is 1. The average molecular weight is 225 g/mol. The molecule has 0 saturated heterocycles. The Morgan fingerprint density at radius 1 is 1.67 bits per heavy atom. The van der Waals surface area contributed by atoms with E-state index in [1.165, 1.54) is 18.0 Å². The lowest BCUT2D eigenvalue weighted by Crippen LogP contribution is -2.11. The third kappa shape index (κ3) is 2.38. The fourth-order valence-electron chi connectivity index (χ4n) is 1.15. The first-order valence-electron chi connectivity index (χ1n) is 4.61. The first kappa shape index (κ1) is 10.2. The van der Waals surface area contributed by atoms with Gasteiger partial charge in [-0.1, -0.05) is 11.8 Å². The second-order valence-corrected chi connectivity index (χ2v) is 4.12. The van der Waals surface area contributed by atoms with Crippen molar-refractivity contribution in [3.8, 4) is 0 Å². The van der Waals surface area contributed by atoms with Crippen molar-refractivity contribution < 1.29 is 9.90 Å². The van der Waals surface area contributed by atoms with Crippen LogP contribution in [0.4, 0.5) is 5.82 Å². The molecule has 1 saturated carbocycles. The molecule has 0 aromatic carbocycles. The predicted molar refractivity (Wildman–Crippen MR) is 57.4 cm³/mol. The van der Waals surface area contributed by atoms with Crippen molar-refractivity contribution in [1.82, 2.24) is 9.97 Å². The van der Waals surface area contributed by atoms with Crippen LogP contribution in [-0.2, 0) is 0 Å². The molecule has 0 amide bonds. The summed E-state index contributed by atoms with van der Waals surface area (Å²) in [6.45, 7) is 0. The average Bonchev–Trinajstić information content (AvgIpc) is 3.01. The molecule has 0 spiro atoms. The number of aromatic carboxylic acids is 1. The van der Waals surface area contributed by atoms with Gasteiger partial charge >= 0.3 is 5.97 Å². The highest BCUT2D eigenvalue weighted by Gasteiger charge is 2.24. The molecular formula is C9H11N3O2S. The molecule has 5 nitrogen and oxygen atoms in total. The molecule has 6 heteroatoms. The first-order valence-corrected chi connectivity index (χ1v) is 5.84. The Bertz CT molecular complexity index is 393. The lowest BCUT2D eigenvalue weighted by Gasteiger charge is -2.07. The van der Waals surface area contributed by atoms with E-state index in [0.717, 1.165) is 12.8 Å². The zero-order valence-electron chi connectivity index (χ0n) is 8.23. The second kappa shape index (κ2) is 4.06. The van der Waals surface area contributed by atoms with Gasteiger partial charge in [0.05, 0.1) is 0 Å². The van der Waals surface area contributed by atoms with E-state index in [9.17, 15) is 4.79 Å². The van der Waals surface area contributed by atoms with Crippen molar-refractivity contribution in [2.75, 3.05) is 11.6 Å². The Balaban J connectivity index is 2.30. The van der Waals surface area contributed by atoms with Crippen molar-refractivity contribution in [3.05, 3.63) is 11.8 Å². The van der Waals surface area contributed by atoms with Crippen LogP contribution in [0.15, 0.2) is 11.4 Å². The van der Waals surface area contributed by atoms with E-state index in [1.807, 2.05) is 6.26 Å². The number of hydrogen-bond donors (Lipinski definition) is 2. The van der Waals surface area contributed by atoms with Crippen LogP contribution in [0.1, 0.15) is 23.2 Å². The highest BCUT2D eigenvalue weighted by Crippen LogP contribution is 2.26. The van der Waals surface area contributed by atoms with Crippen LogP contribution >= 0.6 is 11.8 Å². The van der Waals surface area contributed by atoms with Crippen LogP contribution in [0.3, 0.4) is 0 Å². The molecule has 15 heavy (non-hydrogen) atoms. The number of anilines is 1. The topological polar surface area (TPSA) is 75.1 Å². The normalized spacial score (nSPS) is 15.0. The van der Waals surface area contributed by atoms with E-state index in [1.54, 1.807) is 0 Å². The number of nitrogens with zero attached hydrogens (tertiary/aromatic N) is 2. The van der Waals surface area contributed by atoms with Gasteiger partial charge < -0.3 is 10.4 Å². The van der Waals surface area contributed by atoms with Crippen LogP contribution in [0.5, 0.6) is 0 Å². The van der Waals surface area contributed by atoms with Gasteiger partial charge in [-0.05, 0) is 19.1 Å². The molecule has 0 bridgehead atoms. The molecule has 1 aromatic heterocycles. The van der Waals surface area contributed by atoms with E-state index >= 15 is 0 Å². The summed E-state index contributed by atoms with van der Waals surface area (Å²) in [7, 11) is 0. The lowest BCUT2D eigenvalue weighted by atomic mass is 10.3. The van der Waals surface area contributed by atoms with Gasteiger partial charge in [-0.25, -0.2) is 14.8 Å². The number of thioether (sulfide) groups is 1. The van der Waals surface area contributed by atoms with Gasteiger partial charge in [0, 0.05) is 12.2 Å². The highest BCUT2D eigenvalue weighted by atomic mass is 32.2. The van der Waals surface area contributed by atoms with Crippen molar-refractivity contribution in [1.29, 1.82) is 0 Å². The molecule has 1 fully saturated rings. The summed E-state index contributed by atoms with van der Waals surface area (Å²) in [5.41, 5.74) is 0.139. The quantitative estimate of drug-likeness (QED) is 0.597. The van der Waals surface area contributed by atoms with Gasteiger partial charge in [-0.3, -0.25) is 0 Å². The number of carbonyl (C=O) groups is 1.